The molecule has 0 radical (unpaired) electrons. The molecule has 3 heterocycles. The van der Waals surface area contributed by atoms with Crippen LogP contribution in [-0.4, -0.2) is 21.9 Å². The molecule has 0 aromatic carbocycles. The van der Waals surface area contributed by atoms with Crippen LogP contribution < -0.4 is 5.56 Å². The maximum absolute atomic E-state index is 12.6. The molecule has 0 bridgehead atoms. The third kappa shape index (κ3) is 3.35. The minimum atomic E-state index is -0.476. The topological polar surface area (TPSA) is 67.9 Å². The lowest BCUT2D eigenvalue weighted by Gasteiger charge is -2.24. The van der Waals surface area contributed by atoms with Gasteiger partial charge >= 0.3 is 0 Å². The van der Waals surface area contributed by atoms with Crippen molar-refractivity contribution in [3.8, 4) is 17.2 Å². The van der Waals surface area contributed by atoms with E-state index in [1.54, 1.807) is 22.5 Å². The maximum Gasteiger partial charge on any atom is 0.269 e. The molecule has 0 amide bonds. The van der Waals surface area contributed by atoms with Crippen molar-refractivity contribution in [2.75, 3.05) is 12.4 Å². The fraction of sp³-hybridized carbons (Fsp3) is 0.421. The summed E-state index contributed by atoms with van der Waals surface area (Å²) in [6, 6.07) is 7.83. The van der Waals surface area contributed by atoms with Gasteiger partial charge in [-0.25, -0.2) is 0 Å². The molecule has 0 unspecified atom stereocenters. The lowest BCUT2D eigenvalue weighted by molar-refractivity contribution is -0.0172. The molecule has 5 nitrogen and oxygen atoms in total. The molecule has 6 heteroatoms. The standard InChI is InChI=1S/C19H21N3O2S/c1-4-24-19(2,3)16-7-6-13(12-21-16)14-10-17-22(8-5-9-25-17)18(23)15(14)11-20/h6-7,10,12H,4-5,8-9H2,1-3H3. The zero-order chi connectivity index (χ0) is 18.0. The zero-order valence-corrected chi connectivity index (χ0v) is 15.5. The summed E-state index contributed by atoms with van der Waals surface area (Å²) in [4.78, 5) is 17.1. The van der Waals surface area contributed by atoms with E-state index >= 15 is 0 Å². The van der Waals surface area contributed by atoms with Crippen molar-refractivity contribution < 1.29 is 4.74 Å². The van der Waals surface area contributed by atoms with E-state index in [1.807, 2.05) is 39.0 Å². The Morgan fingerprint density at radius 1 is 1.44 bits per heavy atom. The second-order valence-corrected chi connectivity index (χ2v) is 7.53. The Hall–Kier alpha value is -2.10. The minimum absolute atomic E-state index is 0.185. The molecule has 2 aromatic heterocycles. The molecule has 2 aromatic rings. The van der Waals surface area contributed by atoms with Crippen LogP contribution in [0.25, 0.3) is 11.1 Å². The van der Waals surface area contributed by atoms with E-state index in [1.165, 1.54) is 0 Å². The number of aromatic nitrogens is 2. The minimum Gasteiger partial charge on any atom is -0.370 e. The van der Waals surface area contributed by atoms with Gasteiger partial charge in [-0.05, 0) is 39.3 Å². The largest absolute Gasteiger partial charge is 0.370 e. The second kappa shape index (κ2) is 7.03. The third-order valence-electron chi connectivity index (χ3n) is 4.35. The van der Waals surface area contributed by atoms with Crippen LogP contribution in [0.1, 0.15) is 38.4 Å². The summed E-state index contributed by atoms with van der Waals surface area (Å²) in [6.07, 6.45) is 2.67. The van der Waals surface area contributed by atoms with Crippen molar-refractivity contribution in [3.05, 3.63) is 46.0 Å². The summed E-state index contributed by atoms with van der Waals surface area (Å²) in [5.74, 6) is 0.991. The predicted molar refractivity (Wildman–Crippen MR) is 98.6 cm³/mol. The number of nitriles is 1. The van der Waals surface area contributed by atoms with E-state index < -0.39 is 5.60 Å². The molecule has 130 valence electrons. The molecular formula is C19H21N3O2S. The van der Waals surface area contributed by atoms with Gasteiger partial charge in [-0.15, -0.1) is 11.8 Å². The van der Waals surface area contributed by atoms with Gasteiger partial charge in [0.15, 0.2) is 0 Å². The molecule has 0 N–H and O–H groups in total. The van der Waals surface area contributed by atoms with Crippen molar-refractivity contribution in [1.82, 2.24) is 9.55 Å². The Bertz CT molecular complexity index is 879. The number of nitrogens with zero attached hydrogens (tertiary/aromatic N) is 3. The van der Waals surface area contributed by atoms with E-state index in [9.17, 15) is 10.1 Å². The monoisotopic (exact) mass is 355 g/mol. The Balaban J connectivity index is 2.07. The van der Waals surface area contributed by atoms with Crippen LogP contribution in [0, 0.1) is 11.3 Å². The number of hydrogen-bond donors (Lipinski definition) is 0. The number of ether oxygens (including phenoxy) is 1. The lowest BCUT2D eigenvalue weighted by Crippen LogP contribution is -2.27. The van der Waals surface area contributed by atoms with Gasteiger partial charge in [0, 0.05) is 36.2 Å². The number of thioether (sulfide) groups is 1. The average Bonchev–Trinajstić information content (AvgIpc) is 2.62. The Kier molecular flexibility index (Phi) is 4.98. The number of rotatable bonds is 4. The Morgan fingerprint density at radius 2 is 2.24 bits per heavy atom. The van der Waals surface area contributed by atoms with Crippen molar-refractivity contribution in [3.63, 3.8) is 0 Å². The number of hydrogen-bond acceptors (Lipinski definition) is 5. The fourth-order valence-electron chi connectivity index (χ4n) is 3.03. The van der Waals surface area contributed by atoms with Gasteiger partial charge in [-0.2, -0.15) is 5.26 Å². The SMILES string of the molecule is CCOC(C)(C)c1ccc(-c2cc3n(c(=O)c2C#N)CCCS3)cn1. The molecular weight excluding hydrogens is 334 g/mol. The molecule has 0 spiro atoms. The first-order valence-corrected chi connectivity index (χ1v) is 9.38. The van der Waals surface area contributed by atoms with Gasteiger partial charge < -0.3 is 9.30 Å². The highest BCUT2D eigenvalue weighted by molar-refractivity contribution is 7.99. The van der Waals surface area contributed by atoms with Gasteiger partial charge in [0.1, 0.15) is 17.2 Å². The van der Waals surface area contributed by atoms with Crippen LogP contribution >= 0.6 is 11.8 Å². The van der Waals surface area contributed by atoms with Gasteiger partial charge in [0.05, 0.1) is 10.7 Å². The first kappa shape index (κ1) is 17.7. The summed E-state index contributed by atoms with van der Waals surface area (Å²) in [6.45, 7) is 7.18. The lowest BCUT2D eigenvalue weighted by atomic mass is 10.00. The predicted octanol–water partition coefficient (Wildman–Crippen LogP) is 3.55. The van der Waals surface area contributed by atoms with E-state index in [0.717, 1.165) is 28.5 Å². The Labute approximate surface area is 151 Å². The van der Waals surface area contributed by atoms with E-state index in [0.29, 0.717) is 18.7 Å². The summed E-state index contributed by atoms with van der Waals surface area (Å²) in [7, 11) is 0. The van der Waals surface area contributed by atoms with Crippen LogP contribution in [0.4, 0.5) is 0 Å². The molecule has 0 saturated carbocycles. The van der Waals surface area contributed by atoms with Crippen LogP contribution in [0.2, 0.25) is 0 Å². The highest BCUT2D eigenvalue weighted by atomic mass is 32.2. The average molecular weight is 355 g/mol. The zero-order valence-electron chi connectivity index (χ0n) is 14.7. The van der Waals surface area contributed by atoms with Gasteiger partial charge in [-0.1, -0.05) is 6.07 Å². The van der Waals surface area contributed by atoms with Crippen molar-refractivity contribution in [2.24, 2.45) is 0 Å². The summed E-state index contributed by atoms with van der Waals surface area (Å²) in [5.41, 5.74) is 1.75. The van der Waals surface area contributed by atoms with Gasteiger partial charge in [0.2, 0.25) is 0 Å². The van der Waals surface area contributed by atoms with Crippen LogP contribution in [-0.2, 0) is 16.9 Å². The van der Waals surface area contributed by atoms with Crippen molar-refractivity contribution in [1.29, 1.82) is 5.26 Å². The maximum atomic E-state index is 12.6. The van der Waals surface area contributed by atoms with Crippen LogP contribution in [0.3, 0.4) is 0 Å². The highest BCUT2D eigenvalue weighted by Crippen LogP contribution is 2.31. The highest BCUT2D eigenvalue weighted by Gasteiger charge is 2.23. The molecule has 0 fully saturated rings. The van der Waals surface area contributed by atoms with E-state index in [4.69, 9.17) is 4.74 Å². The second-order valence-electron chi connectivity index (χ2n) is 6.42. The van der Waals surface area contributed by atoms with E-state index in [2.05, 4.69) is 11.1 Å². The van der Waals surface area contributed by atoms with Gasteiger partial charge in [-0.3, -0.25) is 9.78 Å². The molecule has 25 heavy (non-hydrogen) atoms. The molecule has 3 rings (SSSR count). The normalized spacial score (nSPS) is 14.0. The van der Waals surface area contributed by atoms with Crippen LogP contribution in [0.15, 0.2) is 34.2 Å². The van der Waals surface area contributed by atoms with Crippen LogP contribution in [0.5, 0.6) is 0 Å². The van der Waals surface area contributed by atoms with Crippen molar-refractivity contribution >= 4 is 11.8 Å². The fourth-order valence-corrected chi connectivity index (χ4v) is 4.05. The molecule has 0 saturated heterocycles. The third-order valence-corrected chi connectivity index (χ3v) is 5.47. The smallest absolute Gasteiger partial charge is 0.269 e. The molecule has 0 aliphatic carbocycles. The molecule has 1 aliphatic rings. The summed E-state index contributed by atoms with van der Waals surface area (Å²) >= 11 is 1.66. The molecule has 0 atom stereocenters. The number of pyridine rings is 2. The number of fused-ring (bicyclic) bond motifs is 1. The quantitative estimate of drug-likeness (QED) is 0.839. The first-order chi connectivity index (χ1) is 12.0. The first-order valence-electron chi connectivity index (χ1n) is 8.39. The van der Waals surface area contributed by atoms with Crippen molar-refractivity contribution in [2.45, 2.75) is 44.4 Å². The Morgan fingerprint density at radius 3 is 2.88 bits per heavy atom. The summed E-state index contributed by atoms with van der Waals surface area (Å²) < 4.78 is 7.43. The molecule has 1 aliphatic heterocycles. The van der Waals surface area contributed by atoms with Gasteiger partial charge in [0.25, 0.3) is 5.56 Å². The van der Waals surface area contributed by atoms with E-state index in [-0.39, 0.29) is 11.1 Å². The summed E-state index contributed by atoms with van der Waals surface area (Å²) in [5, 5.41) is 10.4.